The highest BCUT2D eigenvalue weighted by Crippen LogP contribution is 2.35. The number of pyridine rings is 1. The molecule has 10 heteroatoms. The first kappa shape index (κ1) is 23.2. The van der Waals surface area contributed by atoms with E-state index in [1.54, 1.807) is 16.8 Å². The molecule has 35 heavy (non-hydrogen) atoms. The number of carboxylic acids is 1. The van der Waals surface area contributed by atoms with Gasteiger partial charge in [-0.2, -0.15) is 0 Å². The quantitative estimate of drug-likeness (QED) is 0.611. The summed E-state index contributed by atoms with van der Waals surface area (Å²) in [4.78, 5) is 48.3. The third-order valence-corrected chi connectivity index (χ3v) is 7.02. The smallest absolute Gasteiger partial charge is 0.300 e. The molecule has 1 N–H and O–H groups in total. The van der Waals surface area contributed by atoms with Crippen molar-refractivity contribution in [3.63, 3.8) is 0 Å². The molecule has 3 aromatic rings. The summed E-state index contributed by atoms with van der Waals surface area (Å²) in [6, 6.07) is 5.96. The fraction of sp³-hybridized carbons (Fsp3) is 0.480. The maximum atomic E-state index is 13.2. The number of aromatic nitrogens is 4. The van der Waals surface area contributed by atoms with Crippen LogP contribution in [0.4, 0.5) is 0 Å². The molecular formula is C25H30N6O4. The number of likely N-dealkylation sites (tertiary alicyclic amines) is 2. The van der Waals surface area contributed by atoms with E-state index < -0.39 is 5.97 Å². The molecular weight excluding hydrogens is 448 g/mol. The van der Waals surface area contributed by atoms with Crippen LogP contribution < -0.4 is 5.56 Å². The van der Waals surface area contributed by atoms with E-state index in [4.69, 9.17) is 9.90 Å². The van der Waals surface area contributed by atoms with Gasteiger partial charge in [0.05, 0.1) is 0 Å². The predicted octanol–water partition coefficient (Wildman–Crippen LogP) is 1.84. The second-order valence-corrected chi connectivity index (χ2v) is 9.66. The number of piperidine rings is 1. The molecule has 0 unspecified atom stereocenters. The fourth-order valence-electron chi connectivity index (χ4n) is 5.55. The number of fused-ring (bicyclic) bond motifs is 5. The number of carbonyl (C=O) groups is 2. The number of aliphatic carboxylic acids is 1. The van der Waals surface area contributed by atoms with Gasteiger partial charge in [0.25, 0.3) is 17.4 Å². The Morgan fingerprint density at radius 1 is 1.14 bits per heavy atom. The Bertz CT molecular complexity index is 1270. The Morgan fingerprint density at radius 3 is 2.66 bits per heavy atom. The highest BCUT2D eigenvalue weighted by molar-refractivity contribution is 5.93. The van der Waals surface area contributed by atoms with Gasteiger partial charge in [0, 0.05) is 68.9 Å². The summed E-state index contributed by atoms with van der Waals surface area (Å²) in [5.41, 5.74) is 2.55. The molecule has 184 valence electrons. The number of carbonyl (C=O) groups excluding carboxylic acids is 1. The SMILES string of the molecule is CC(=O)O.O=C(c1cn2cccnc2n1)N1C[C@@H]2C[C@H](C1)c1ccc(CN3CCCC3)c(=O)n1C2. The average Bonchev–Trinajstić information content (AvgIpc) is 3.50. The van der Waals surface area contributed by atoms with Gasteiger partial charge >= 0.3 is 0 Å². The third-order valence-electron chi connectivity index (χ3n) is 7.02. The summed E-state index contributed by atoms with van der Waals surface area (Å²) < 4.78 is 3.76. The zero-order valence-electron chi connectivity index (χ0n) is 19.8. The summed E-state index contributed by atoms with van der Waals surface area (Å²) in [6.07, 6.45) is 8.75. The van der Waals surface area contributed by atoms with E-state index in [0.29, 0.717) is 37.0 Å². The minimum atomic E-state index is -0.833. The van der Waals surface area contributed by atoms with Crippen molar-refractivity contribution in [2.24, 2.45) is 5.92 Å². The molecule has 0 spiro atoms. The van der Waals surface area contributed by atoms with Crippen LogP contribution in [0.1, 0.15) is 53.8 Å². The van der Waals surface area contributed by atoms with Crippen molar-refractivity contribution in [2.75, 3.05) is 26.2 Å². The summed E-state index contributed by atoms with van der Waals surface area (Å²) in [6.45, 7) is 5.99. The average molecular weight is 479 g/mol. The number of rotatable bonds is 3. The van der Waals surface area contributed by atoms with Crippen molar-refractivity contribution in [1.82, 2.24) is 28.7 Å². The summed E-state index contributed by atoms with van der Waals surface area (Å²) in [5, 5.41) is 7.42. The molecule has 6 rings (SSSR count). The first-order valence-corrected chi connectivity index (χ1v) is 12.1. The van der Waals surface area contributed by atoms with Crippen molar-refractivity contribution >= 4 is 17.7 Å². The second kappa shape index (κ2) is 9.61. The normalized spacial score (nSPS) is 21.3. The summed E-state index contributed by atoms with van der Waals surface area (Å²) in [5.74, 6) is 0.136. The molecule has 6 heterocycles. The predicted molar refractivity (Wildman–Crippen MR) is 128 cm³/mol. The number of carboxylic acid groups (broad SMARTS) is 1. The van der Waals surface area contributed by atoms with Crippen molar-refractivity contribution in [1.29, 1.82) is 0 Å². The Kier molecular flexibility index (Phi) is 6.38. The van der Waals surface area contributed by atoms with E-state index in [2.05, 4.69) is 20.9 Å². The number of hydrogen-bond acceptors (Lipinski definition) is 6. The van der Waals surface area contributed by atoms with Gasteiger partial charge in [0.15, 0.2) is 0 Å². The summed E-state index contributed by atoms with van der Waals surface area (Å²) >= 11 is 0. The van der Waals surface area contributed by atoms with Crippen LogP contribution in [0.3, 0.4) is 0 Å². The van der Waals surface area contributed by atoms with Crippen LogP contribution in [0.2, 0.25) is 0 Å². The highest BCUT2D eigenvalue weighted by atomic mass is 16.4. The zero-order chi connectivity index (χ0) is 24.5. The maximum absolute atomic E-state index is 13.2. The minimum absolute atomic E-state index is 0.0540. The van der Waals surface area contributed by atoms with Crippen molar-refractivity contribution in [2.45, 2.75) is 45.2 Å². The molecule has 0 aromatic carbocycles. The van der Waals surface area contributed by atoms with Crippen LogP contribution in [0.5, 0.6) is 0 Å². The molecule has 0 aliphatic carbocycles. The van der Waals surface area contributed by atoms with Gasteiger partial charge in [-0.05, 0) is 50.4 Å². The molecule has 3 aliphatic rings. The van der Waals surface area contributed by atoms with Gasteiger partial charge in [-0.1, -0.05) is 6.07 Å². The highest BCUT2D eigenvalue weighted by Gasteiger charge is 2.37. The summed E-state index contributed by atoms with van der Waals surface area (Å²) in [7, 11) is 0. The van der Waals surface area contributed by atoms with Gasteiger partial charge in [0.2, 0.25) is 5.78 Å². The monoisotopic (exact) mass is 478 g/mol. The number of amides is 1. The lowest BCUT2D eigenvalue weighted by molar-refractivity contribution is -0.134. The standard InChI is InChI=1S/C23H26N6O2.C2H4O2/c30-21-17(13-26-7-1-2-8-26)4-5-20-18-10-16(12-29(20)21)11-28(14-18)22(31)19-15-27-9-3-6-24-23(27)25-19;1-2(3)4/h3-6,9,15-16,18H,1-2,7-8,10-14H2;1H3,(H,3,4)/t16-,18+;/m0./s1. The lowest BCUT2D eigenvalue weighted by Crippen LogP contribution is -2.49. The van der Waals surface area contributed by atoms with E-state index in [1.165, 1.54) is 12.8 Å². The van der Waals surface area contributed by atoms with Crippen LogP contribution in [-0.2, 0) is 17.9 Å². The molecule has 0 radical (unpaired) electrons. The Labute approximate surface area is 202 Å². The van der Waals surface area contributed by atoms with Crippen LogP contribution in [0.25, 0.3) is 5.78 Å². The van der Waals surface area contributed by atoms with E-state index >= 15 is 0 Å². The van der Waals surface area contributed by atoms with Gasteiger partial charge in [0.1, 0.15) is 5.69 Å². The van der Waals surface area contributed by atoms with Crippen LogP contribution in [0.15, 0.2) is 41.6 Å². The Balaban J connectivity index is 0.000000591. The lowest BCUT2D eigenvalue weighted by atomic mass is 9.83. The largest absolute Gasteiger partial charge is 0.481 e. The van der Waals surface area contributed by atoms with Crippen molar-refractivity contribution in [3.05, 3.63) is 64.1 Å². The first-order chi connectivity index (χ1) is 16.9. The van der Waals surface area contributed by atoms with Crippen molar-refractivity contribution < 1.29 is 14.7 Å². The number of imidazole rings is 1. The van der Waals surface area contributed by atoms with Gasteiger partial charge in [-0.3, -0.25) is 23.7 Å². The van der Waals surface area contributed by atoms with E-state index in [9.17, 15) is 9.59 Å². The molecule has 2 saturated heterocycles. The molecule has 3 aliphatic heterocycles. The topological polar surface area (TPSA) is 113 Å². The first-order valence-electron chi connectivity index (χ1n) is 12.1. The molecule has 0 saturated carbocycles. The third kappa shape index (κ3) is 4.84. The van der Waals surface area contributed by atoms with E-state index in [1.807, 2.05) is 27.8 Å². The molecule has 3 aromatic heterocycles. The number of nitrogens with zero attached hydrogens (tertiary/aromatic N) is 6. The maximum Gasteiger partial charge on any atom is 0.300 e. The number of hydrogen-bond donors (Lipinski definition) is 1. The van der Waals surface area contributed by atoms with Crippen molar-refractivity contribution in [3.8, 4) is 0 Å². The van der Waals surface area contributed by atoms with Crippen LogP contribution >= 0.6 is 0 Å². The zero-order valence-corrected chi connectivity index (χ0v) is 19.8. The van der Waals surface area contributed by atoms with Crippen LogP contribution in [-0.4, -0.2) is 71.9 Å². The van der Waals surface area contributed by atoms with Gasteiger partial charge in [-0.15, -0.1) is 0 Å². The fourth-order valence-corrected chi connectivity index (χ4v) is 5.55. The molecule has 2 bridgehead atoms. The second-order valence-electron chi connectivity index (χ2n) is 9.66. The van der Waals surface area contributed by atoms with E-state index in [0.717, 1.165) is 44.2 Å². The molecule has 2 atom stereocenters. The molecule has 2 fully saturated rings. The Morgan fingerprint density at radius 2 is 1.91 bits per heavy atom. The van der Waals surface area contributed by atoms with E-state index in [-0.39, 0.29) is 17.4 Å². The van der Waals surface area contributed by atoms with Gasteiger partial charge in [-0.25, -0.2) is 9.97 Å². The van der Waals surface area contributed by atoms with Crippen LogP contribution in [0, 0.1) is 5.92 Å². The lowest BCUT2D eigenvalue weighted by Gasteiger charge is -2.42. The van der Waals surface area contributed by atoms with Gasteiger partial charge < -0.3 is 14.6 Å². The molecule has 1 amide bonds. The Hall–Kier alpha value is -3.53. The molecule has 10 nitrogen and oxygen atoms in total. The minimum Gasteiger partial charge on any atom is -0.481 e.